The maximum atomic E-state index is 12.5. The zero-order chi connectivity index (χ0) is 18.2. The van der Waals surface area contributed by atoms with Crippen LogP contribution in [-0.2, 0) is 14.6 Å². The second-order valence-electron chi connectivity index (χ2n) is 6.03. The highest BCUT2D eigenvalue weighted by Gasteiger charge is 2.34. The molecule has 1 fully saturated rings. The van der Waals surface area contributed by atoms with E-state index in [1.807, 2.05) is 0 Å². The lowest BCUT2D eigenvalue weighted by Gasteiger charge is -2.25. The summed E-state index contributed by atoms with van der Waals surface area (Å²) in [7, 11) is -1.40. The summed E-state index contributed by atoms with van der Waals surface area (Å²) in [4.78, 5) is 14.1. The molecule has 0 spiro atoms. The lowest BCUT2D eigenvalue weighted by molar-refractivity contribution is -0.130. The molecular formula is C15H19N3O5S2. The van der Waals surface area contributed by atoms with Crippen molar-refractivity contribution in [1.29, 1.82) is 0 Å². The Kier molecular flexibility index (Phi) is 4.92. The Balaban J connectivity index is 1.64. The Labute approximate surface area is 149 Å². The number of aryl methyl sites for hydroxylation is 1. The fourth-order valence-electron chi connectivity index (χ4n) is 2.72. The van der Waals surface area contributed by atoms with Crippen molar-refractivity contribution in [3.05, 3.63) is 18.1 Å². The van der Waals surface area contributed by atoms with E-state index < -0.39 is 15.1 Å². The summed E-state index contributed by atoms with van der Waals surface area (Å²) in [6.45, 7) is 3.53. The third-order valence-corrected chi connectivity index (χ3v) is 6.90. The zero-order valence-electron chi connectivity index (χ0n) is 14.1. The first kappa shape index (κ1) is 18.0. The van der Waals surface area contributed by atoms with E-state index in [1.54, 1.807) is 33.2 Å². The Morgan fingerprint density at radius 3 is 2.80 bits per heavy atom. The molecular weight excluding hydrogens is 366 g/mol. The van der Waals surface area contributed by atoms with Crippen LogP contribution in [0.5, 0.6) is 0 Å². The Bertz CT molecular complexity index is 873. The van der Waals surface area contributed by atoms with Gasteiger partial charge in [-0.05, 0) is 26.3 Å². The van der Waals surface area contributed by atoms with E-state index in [9.17, 15) is 13.2 Å². The van der Waals surface area contributed by atoms with Gasteiger partial charge in [0.2, 0.25) is 5.91 Å². The molecule has 0 bridgehead atoms. The monoisotopic (exact) mass is 385 g/mol. The molecule has 1 saturated heterocycles. The summed E-state index contributed by atoms with van der Waals surface area (Å²) in [5.41, 5.74) is 0.714. The van der Waals surface area contributed by atoms with Crippen molar-refractivity contribution in [2.45, 2.75) is 36.8 Å². The van der Waals surface area contributed by atoms with Crippen LogP contribution in [0.4, 0.5) is 0 Å². The van der Waals surface area contributed by atoms with E-state index in [-0.39, 0.29) is 28.7 Å². The Morgan fingerprint density at radius 2 is 2.20 bits per heavy atom. The van der Waals surface area contributed by atoms with Crippen LogP contribution < -0.4 is 0 Å². The molecule has 0 aliphatic carbocycles. The summed E-state index contributed by atoms with van der Waals surface area (Å²) in [6, 6.07) is 1.47. The number of amides is 1. The van der Waals surface area contributed by atoms with Crippen LogP contribution in [0.1, 0.15) is 19.1 Å². The minimum absolute atomic E-state index is 0.0249. The first-order valence-corrected chi connectivity index (χ1v) is 10.5. The third kappa shape index (κ3) is 3.90. The van der Waals surface area contributed by atoms with Crippen molar-refractivity contribution < 1.29 is 22.0 Å². The standard InChI is InChI=1S/C15H19N3O5S2/c1-9-12(4-6-22-9)13-16-17-15(23-13)24-10(2)14(19)18(3)11-5-7-25(20,21)8-11/h4,6,10-11H,5,7-8H2,1-3H3/t10-,11-/m0/s1. The van der Waals surface area contributed by atoms with Gasteiger partial charge in [0.1, 0.15) is 5.76 Å². The van der Waals surface area contributed by atoms with Crippen molar-refractivity contribution >= 4 is 27.5 Å². The van der Waals surface area contributed by atoms with Crippen LogP contribution in [0.3, 0.4) is 0 Å². The van der Waals surface area contributed by atoms with Gasteiger partial charge in [0, 0.05) is 13.1 Å². The molecule has 0 N–H and O–H groups in total. The van der Waals surface area contributed by atoms with Crippen molar-refractivity contribution in [3.8, 4) is 11.5 Å². The average molecular weight is 385 g/mol. The van der Waals surface area contributed by atoms with Crippen LogP contribution in [-0.4, -0.2) is 59.3 Å². The molecule has 1 aliphatic heterocycles. The SMILES string of the molecule is Cc1occc1-c1nnc(S[C@@H](C)C(=O)N(C)[C@H]2CCS(=O)(=O)C2)o1. The van der Waals surface area contributed by atoms with E-state index in [1.165, 1.54) is 4.90 Å². The van der Waals surface area contributed by atoms with Crippen LogP contribution in [0.2, 0.25) is 0 Å². The molecule has 2 aromatic rings. The quantitative estimate of drug-likeness (QED) is 0.717. The molecule has 25 heavy (non-hydrogen) atoms. The molecule has 136 valence electrons. The maximum absolute atomic E-state index is 12.5. The molecule has 8 nitrogen and oxygen atoms in total. The van der Waals surface area contributed by atoms with Crippen LogP contribution in [0, 0.1) is 6.92 Å². The van der Waals surface area contributed by atoms with Gasteiger partial charge in [-0.15, -0.1) is 10.2 Å². The predicted octanol–water partition coefficient (Wildman–Crippen LogP) is 1.76. The van der Waals surface area contributed by atoms with E-state index in [0.29, 0.717) is 23.6 Å². The lowest BCUT2D eigenvalue weighted by Crippen LogP contribution is -2.41. The number of hydrogen-bond donors (Lipinski definition) is 0. The molecule has 10 heteroatoms. The van der Waals surface area contributed by atoms with Crippen molar-refractivity contribution in [3.63, 3.8) is 0 Å². The van der Waals surface area contributed by atoms with E-state index in [2.05, 4.69) is 10.2 Å². The van der Waals surface area contributed by atoms with Gasteiger partial charge in [0.15, 0.2) is 9.84 Å². The highest BCUT2D eigenvalue weighted by Crippen LogP contribution is 2.29. The fraction of sp³-hybridized carbons (Fsp3) is 0.533. The first-order chi connectivity index (χ1) is 11.8. The second-order valence-corrected chi connectivity index (χ2v) is 9.55. The highest BCUT2D eigenvalue weighted by atomic mass is 32.2. The number of nitrogens with zero attached hydrogens (tertiary/aromatic N) is 3. The molecule has 1 aliphatic rings. The van der Waals surface area contributed by atoms with E-state index in [0.717, 1.165) is 11.8 Å². The number of thioether (sulfide) groups is 1. The van der Waals surface area contributed by atoms with E-state index in [4.69, 9.17) is 8.83 Å². The van der Waals surface area contributed by atoms with Gasteiger partial charge >= 0.3 is 0 Å². The van der Waals surface area contributed by atoms with Gasteiger partial charge < -0.3 is 13.7 Å². The summed E-state index contributed by atoms with van der Waals surface area (Å²) >= 11 is 1.15. The number of hydrogen-bond acceptors (Lipinski definition) is 8. The molecule has 2 aromatic heterocycles. The smallest absolute Gasteiger partial charge is 0.277 e. The number of furan rings is 1. The Morgan fingerprint density at radius 1 is 1.44 bits per heavy atom. The molecule has 0 saturated carbocycles. The van der Waals surface area contributed by atoms with Crippen LogP contribution in [0.25, 0.3) is 11.5 Å². The number of rotatable bonds is 5. The minimum Gasteiger partial charge on any atom is -0.469 e. The number of sulfone groups is 1. The van der Waals surface area contributed by atoms with E-state index >= 15 is 0 Å². The van der Waals surface area contributed by atoms with Gasteiger partial charge in [0.05, 0.1) is 28.6 Å². The minimum atomic E-state index is -3.03. The highest BCUT2D eigenvalue weighted by molar-refractivity contribution is 8.00. The molecule has 0 aromatic carbocycles. The average Bonchev–Trinajstić information content (AvgIpc) is 3.26. The molecule has 2 atom stereocenters. The van der Waals surface area contributed by atoms with Gasteiger partial charge in [-0.1, -0.05) is 11.8 Å². The largest absolute Gasteiger partial charge is 0.469 e. The molecule has 0 radical (unpaired) electrons. The van der Waals surface area contributed by atoms with Gasteiger partial charge in [0.25, 0.3) is 11.1 Å². The van der Waals surface area contributed by atoms with Gasteiger partial charge in [-0.3, -0.25) is 4.79 Å². The van der Waals surface area contributed by atoms with Gasteiger partial charge in [-0.25, -0.2) is 8.42 Å². The normalized spacial score (nSPS) is 20.5. The summed E-state index contributed by atoms with van der Waals surface area (Å²) in [5, 5.41) is 7.74. The van der Waals surface area contributed by atoms with Crippen LogP contribution >= 0.6 is 11.8 Å². The lowest BCUT2D eigenvalue weighted by atomic mass is 10.2. The van der Waals surface area contributed by atoms with Crippen molar-refractivity contribution in [2.75, 3.05) is 18.6 Å². The topological polar surface area (TPSA) is 107 Å². The van der Waals surface area contributed by atoms with Crippen molar-refractivity contribution in [2.24, 2.45) is 0 Å². The number of carbonyl (C=O) groups excluding carboxylic acids is 1. The second kappa shape index (κ2) is 6.83. The third-order valence-electron chi connectivity index (χ3n) is 4.22. The molecule has 0 unspecified atom stereocenters. The predicted molar refractivity (Wildman–Crippen MR) is 91.9 cm³/mol. The summed E-state index contributed by atoms with van der Waals surface area (Å²) in [5.74, 6) is 1.01. The van der Waals surface area contributed by atoms with Gasteiger partial charge in [-0.2, -0.15) is 0 Å². The number of aromatic nitrogens is 2. The van der Waals surface area contributed by atoms with Crippen molar-refractivity contribution in [1.82, 2.24) is 15.1 Å². The number of carbonyl (C=O) groups is 1. The molecule has 3 heterocycles. The maximum Gasteiger partial charge on any atom is 0.277 e. The molecule has 3 rings (SSSR count). The fourth-order valence-corrected chi connectivity index (χ4v) is 5.28. The van der Waals surface area contributed by atoms with Crippen LogP contribution in [0.15, 0.2) is 26.4 Å². The summed E-state index contributed by atoms with van der Waals surface area (Å²) in [6.07, 6.45) is 2.02. The molecule has 1 amide bonds. The first-order valence-electron chi connectivity index (χ1n) is 7.78. The summed E-state index contributed by atoms with van der Waals surface area (Å²) < 4.78 is 34.0. The Hall–Kier alpha value is -1.81. The zero-order valence-corrected chi connectivity index (χ0v) is 15.8.